The molecule has 1 unspecified atom stereocenters. The zero-order valence-corrected chi connectivity index (χ0v) is 9.40. The minimum Gasteiger partial charge on any atom is -0.478 e. The number of terminal acetylenes is 1. The Bertz CT molecular complexity index is 418. The molecule has 0 aliphatic rings. The molecule has 0 fully saturated rings. The Hall–Kier alpha value is -1.95. The van der Waals surface area contributed by atoms with Gasteiger partial charge in [-0.3, -0.25) is 0 Å². The fraction of sp³-hybridized carbons (Fsp3) is 0.308. The molecule has 1 aromatic rings. The first-order valence-electron chi connectivity index (χ1n) is 5.11. The molecule has 3 nitrogen and oxygen atoms in total. The molecule has 0 aliphatic carbocycles. The van der Waals surface area contributed by atoms with E-state index in [1.165, 1.54) is 0 Å². The maximum Gasteiger partial charge on any atom is 0.337 e. The van der Waals surface area contributed by atoms with Crippen molar-refractivity contribution < 1.29 is 9.90 Å². The van der Waals surface area contributed by atoms with E-state index >= 15 is 0 Å². The van der Waals surface area contributed by atoms with Gasteiger partial charge in [0.2, 0.25) is 0 Å². The van der Waals surface area contributed by atoms with Gasteiger partial charge < -0.3 is 10.4 Å². The van der Waals surface area contributed by atoms with E-state index in [9.17, 15) is 4.79 Å². The van der Waals surface area contributed by atoms with Gasteiger partial charge >= 0.3 is 5.97 Å². The van der Waals surface area contributed by atoms with Crippen LogP contribution in [-0.2, 0) is 0 Å². The highest BCUT2D eigenvalue weighted by atomic mass is 16.4. The fourth-order valence-electron chi connectivity index (χ4n) is 1.36. The number of carbonyl (C=O) groups is 1. The van der Waals surface area contributed by atoms with Gasteiger partial charge in [-0.05, 0) is 18.1 Å². The summed E-state index contributed by atoms with van der Waals surface area (Å²) in [6.07, 6.45) is 5.39. The van der Waals surface area contributed by atoms with E-state index in [4.69, 9.17) is 11.5 Å². The molecule has 16 heavy (non-hydrogen) atoms. The van der Waals surface area contributed by atoms with Gasteiger partial charge in [0.25, 0.3) is 0 Å². The van der Waals surface area contributed by atoms with Crippen LogP contribution in [0.4, 0.5) is 5.69 Å². The molecule has 0 saturated heterocycles. The SMILES string of the molecule is C#CC(Nc1ccccc1C(=O)O)C(C)C. The third-order valence-corrected chi connectivity index (χ3v) is 2.31. The van der Waals surface area contributed by atoms with Gasteiger partial charge in [-0.2, -0.15) is 0 Å². The Morgan fingerprint density at radius 2 is 2.06 bits per heavy atom. The molecule has 0 radical (unpaired) electrons. The minimum atomic E-state index is -0.956. The van der Waals surface area contributed by atoms with Crippen molar-refractivity contribution in [2.45, 2.75) is 19.9 Å². The van der Waals surface area contributed by atoms with Crippen molar-refractivity contribution in [3.63, 3.8) is 0 Å². The number of anilines is 1. The van der Waals surface area contributed by atoms with Crippen molar-refractivity contribution in [2.24, 2.45) is 5.92 Å². The molecule has 0 saturated carbocycles. The summed E-state index contributed by atoms with van der Waals surface area (Å²) in [6.45, 7) is 3.97. The highest BCUT2D eigenvalue weighted by Gasteiger charge is 2.14. The maximum atomic E-state index is 11.0. The van der Waals surface area contributed by atoms with E-state index in [2.05, 4.69) is 11.2 Å². The van der Waals surface area contributed by atoms with E-state index in [1.54, 1.807) is 24.3 Å². The first-order valence-corrected chi connectivity index (χ1v) is 5.11. The Labute approximate surface area is 95.5 Å². The molecule has 1 rings (SSSR count). The quantitative estimate of drug-likeness (QED) is 0.762. The van der Waals surface area contributed by atoms with Crippen molar-refractivity contribution in [3.8, 4) is 12.3 Å². The first-order chi connectivity index (χ1) is 7.56. The van der Waals surface area contributed by atoms with Gasteiger partial charge in [0.15, 0.2) is 0 Å². The predicted octanol–water partition coefficient (Wildman–Crippen LogP) is 2.45. The molecule has 0 aliphatic heterocycles. The second-order valence-corrected chi connectivity index (χ2v) is 3.88. The lowest BCUT2D eigenvalue weighted by molar-refractivity contribution is 0.0698. The normalized spacial score (nSPS) is 11.9. The number of rotatable bonds is 4. The Morgan fingerprint density at radius 3 is 2.56 bits per heavy atom. The molecule has 84 valence electrons. The van der Waals surface area contributed by atoms with Crippen LogP contribution in [0.15, 0.2) is 24.3 Å². The van der Waals surface area contributed by atoms with Gasteiger partial charge in [-0.25, -0.2) is 4.79 Å². The molecule has 0 bridgehead atoms. The number of carboxylic acid groups (broad SMARTS) is 1. The van der Waals surface area contributed by atoms with E-state index in [0.717, 1.165) is 0 Å². The predicted molar refractivity (Wildman–Crippen MR) is 64.5 cm³/mol. The lowest BCUT2D eigenvalue weighted by Crippen LogP contribution is -2.24. The van der Waals surface area contributed by atoms with Crippen LogP contribution in [0.5, 0.6) is 0 Å². The lowest BCUT2D eigenvalue weighted by Gasteiger charge is -2.19. The highest BCUT2D eigenvalue weighted by Crippen LogP contribution is 2.17. The van der Waals surface area contributed by atoms with Gasteiger partial charge in [0.05, 0.1) is 11.6 Å². The number of para-hydroxylation sites is 1. The van der Waals surface area contributed by atoms with Crippen molar-refractivity contribution in [3.05, 3.63) is 29.8 Å². The molecule has 2 N–H and O–H groups in total. The second-order valence-electron chi connectivity index (χ2n) is 3.88. The summed E-state index contributed by atoms with van der Waals surface area (Å²) in [7, 11) is 0. The summed E-state index contributed by atoms with van der Waals surface area (Å²) in [4.78, 5) is 11.0. The van der Waals surface area contributed by atoms with Gasteiger partial charge in [0.1, 0.15) is 0 Å². The van der Waals surface area contributed by atoms with E-state index in [1.807, 2.05) is 13.8 Å². The van der Waals surface area contributed by atoms with E-state index in [-0.39, 0.29) is 17.5 Å². The van der Waals surface area contributed by atoms with Gasteiger partial charge in [-0.15, -0.1) is 6.42 Å². The van der Waals surface area contributed by atoms with Crippen LogP contribution >= 0.6 is 0 Å². The summed E-state index contributed by atoms with van der Waals surface area (Å²) in [5.74, 6) is 1.90. The minimum absolute atomic E-state index is 0.166. The zero-order valence-electron chi connectivity index (χ0n) is 9.40. The Morgan fingerprint density at radius 1 is 1.44 bits per heavy atom. The third-order valence-electron chi connectivity index (χ3n) is 2.31. The molecular formula is C13H15NO2. The smallest absolute Gasteiger partial charge is 0.337 e. The number of aromatic carboxylic acids is 1. The number of hydrogen-bond acceptors (Lipinski definition) is 2. The monoisotopic (exact) mass is 217 g/mol. The highest BCUT2D eigenvalue weighted by molar-refractivity contribution is 5.94. The number of benzene rings is 1. The van der Waals surface area contributed by atoms with Crippen LogP contribution in [0.2, 0.25) is 0 Å². The largest absolute Gasteiger partial charge is 0.478 e. The summed E-state index contributed by atoms with van der Waals surface area (Å²) < 4.78 is 0. The summed E-state index contributed by atoms with van der Waals surface area (Å²) in [6, 6.07) is 6.58. The number of nitrogens with one attached hydrogen (secondary N) is 1. The van der Waals surface area contributed by atoms with Crippen LogP contribution in [0, 0.1) is 18.3 Å². The van der Waals surface area contributed by atoms with Crippen LogP contribution in [0.3, 0.4) is 0 Å². The second kappa shape index (κ2) is 5.22. The van der Waals surface area contributed by atoms with E-state index < -0.39 is 5.97 Å². The molecule has 1 aromatic carbocycles. The van der Waals surface area contributed by atoms with Crippen LogP contribution < -0.4 is 5.32 Å². The molecule has 0 spiro atoms. The van der Waals surface area contributed by atoms with Crippen molar-refractivity contribution in [2.75, 3.05) is 5.32 Å². The molecule has 0 aromatic heterocycles. The topological polar surface area (TPSA) is 49.3 Å². The van der Waals surface area contributed by atoms with Crippen LogP contribution in [0.1, 0.15) is 24.2 Å². The van der Waals surface area contributed by atoms with Crippen molar-refractivity contribution >= 4 is 11.7 Å². The average molecular weight is 217 g/mol. The fourth-order valence-corrected chi connectivity index (χ4v) is 1.36. The maximum absolute atomic E-state index is 11.0. The van der Waals surface area contributed by atoms with Gasteiger partial charge in [-0.1, -0.05) is 31.9 Å². The lowest BCUT2D eigenvalue weighted by atomic mass is 10.0. The molecular weight excluding hydrogens is 202 g/mol. The average Bonchev–Trinajstić information content (AvgIpc) is 2.25. The number of hydrogen-bond donors (Lipinski definition) is 2. The zero-order chi connectivity index (χ0) is 12.1. The molecule has 3 heteroatoms. The number of carboxylic acids is 1. The summed E-state index contributed by atoms with van der Waals surface area (Å²) in [5, 5.41) is 12.1. The first kappa shape index (κ1) is 12.1. The summed E-state index contributed by atoms with van der Waals surface area (Å²) in [5.41, 5.74) is 0.801. The van der Waals surface area contributed by atoms with Crippen molar-refractivity contribution in [1.29, 1.82) is 0 Å². The Kier molecular flexibility index (Phi) is 3.96. The van der Waals surface area contributed by atoms with E-state index in [0.29, 0.717) is 5.69 Å². The molecule has 1 atom stereocenters. The Balaban J connectivity index is 2.97. The van der Waals surface area contributed by atoms with Crippen molar-refractivity contribution in [1.82, 2.24) is 0 Å². The van der Waals surface area contributed by atoms with Crippen LogP contribution in [-0.4, -0.2) is 17.1 Å². The molecule has 0 heterocycles. The van der Waals surface area contributed by atoms with Crippen LogP contribution in [0.25, 0.3) is 0 Å². The molecule has 0 amide bonds. The third kappa shape index (κ3) is 2.77. The van der Waals surface area contributed by atoms with Gasteiger partial charge in [0, 0.05) is 5.69 Å². The standard InChI is InChI=1S/C13H15NO2/c1-4-11(9(2)3)14-12-8-6-5-7-10(12)13(15)16/h1,5-9,11,14H,2-3H3,(H,15,16). The summed E-state index contributed by atoms with van der Waals surface area (Å²) >= 11 is 0.